The molecule has 0 fully saturated rings. The highest BCUT2D eigenvalue weighted by Crippen LogP contribution is 2.40. The van der Waals surface area contributed by atoms with E-state index in [-0.39, 0.29) is 5.38 Å². The van der Waals surface area contributed by atoms with Crippen LogP contribution in [0.25, 0.3) is 0 Å². The lowest BCUT2D eigenvalue weighted by Crippen LogP contribution is -2.15. The number of alkyl halides is 1. The first-order valence-electron chi connectivity index (χ1n) is 6.92. The number of fused-ring (bicyclic) bond motifs is 1. The average Bonchev–Trinajstić information content (AvgIpc) is 2.49. The van der Waals surface area contributed by atoms with E-state index in [0.29, 0.717) is 24.0 Å². The number of halogens is 2. The number of ether oxygens (including phenoxy) is 2. The Morgan fingerprint density at radius 3 is 2.33 bits per heavy atom. The average molecular weight is 323 g/mol. The first-order valence-corrected chi connectivity index (χ1v) is 7.73. The third-order valence-electron chi connectivity index (χ3n) is 3.53. The Balaban J connectivity index is 1.83. The maximum Gasteiger partial charge on any atom is 0.162 e. The van der Waals surface area contributed by atoms with E-state index in [0.717, 1.165) is 17.7 Å². The molecular formula is C17H16Cl2O2. The van der Waals surface area contributed by atoms with Gasteiger partial charge >= 0.3 is 0 Å². The summed E-state index contributed by atoms with van der Waals surface area (Å²) in [6.45, 7) is 3.18. The molecule has 0 aliphatic carbocycles. The number of hydrogen-bond acceptors (Lipinski definition) is 2. The van der Waals surface area contributed by atoms with Crippen LogP contribution in [0.3, 0.4) is 0 Å². The predicted octanol–water partition coefficient (Wildman–Crippen LogP) is 4.94. The summed E-state index contributed by atoms with van der Waals surface area (Å²) in [7, 11) is 0. The summed E-state index contributed by atoms with van der Waals surface area (Å²) >= 11 is 12.9. The molecule has 0 aromatic heterocycles. The van der Waals surface area contributed by atoms with Gasteiger partial charge in [-0.25, -0.2) is 0 Å². The molecule has 110 valence electrons. The molecule has 21 heavy (non-hydrogen) atoms. The van der Waals surface area contributed by atoms with Gasteiger partial charge < -0.3 is 9.47 Å². The minimum absolute atomic E-state index is 0.198. The summed E-state index contributed by atoms with van der Waals surface area (Å²) in [6.07, 6.45) is 0.723. The minimum Gasteiger partial charge on any atom is -0.486 e. The highest BCUT2D eigenvalue weighted by molar-refractivity contribution is 6.33. The van der Waals surface area contributed by atoms with Crippen LogP contribution in [0.1, 0.15) is 22.1 Å². The first-order chi connectivity index (χ1) is 10.1. The topological polar surface area (TPSA) is 18.5 Å². The molecule has 1 aliphatic rings. The fraction of sp³-hybridized carbons (Fsp3) is 0.294. The maximum atomic E-state index is 6.55. The van der Waals surface area contributed by atoms with Crippen molar-refractivity contribution < 1.29 is 9.47 Å². The lowest BCUT2D eigenvalue weighted by atomic mass is 10.0. The van der Waals surface area contributed by atoms with E-state index in [9.17, 15) is 0 Å². The van der Waals surface area contributed by atoms with Crippen LogP contribution < -0.4 is 9.47 Å². The largest absolute Gasteiger partial charge is 0.486 e. The molecule has 0 N–H and O–H groups in total. The van der Waals surface area contributed by atoms with E-state index >= 15 is 0 Å². The van der Waals surface area contributed by atoms with E-state index in [2.05, 4.69) is 31.2 Å². The molecule has 0 spiro atoms. The second-order valence-electron chi connectivity index (χ2n) is 5.17. The van der Waals surface area contributed by atoms with E-state index in [1.54, 1.807) is 6.07 Å². The van der Waals surface area contributed by atoms with Crippen molar-refractivity contribution in [2.24, 2.45) is 0 Å². The maximum absolute atomic E-state index is 6.55. The van der Waals surface area contributed by atoms with Crippen molar-refractivity contribution in [3.8, 4) is 11.5 Å². The summed E-state index contributed by atoms with van der Waals surface area (Å²) in [5.74, 6) is 1.41. The lowest BCUT2D eigenvalue weighted by Gasteiger charge is -2.21. The van der Waals surface area contributed by atoms with Crippen molar-refractivity contribution >= 4 is 23.2 Å². The van der Waals surface area contributed by atoms with E-state index in [4.69, 9.17) is 32.7 Å². The van der Waals surface area contributed by atoms with Gasteiger partial charge in [0.2, 0.25) is 0 Å². The summed E-state index contributed by atoms with van der Waals surface area (Å²) in [5.41, 5.74) is 3.30. The molecule has 0 amide bonds. The molecule has 4 heteroatoms. The Morgan fingerprint density at radius 1 is 1.05 bits per heavy atom. The van der Waals surface area contributed by atoms with Gasteiger partial charge in [0.1, 0.15) is 13.2 Å². The third-order valence-corrected chi connectivity index (χ3v) is 4.25. The molecule has 0 bridgehead atoms. The monoisotopic (exact) mass is 322 g/mol. The molecule has 0 saturated heterocycles. The van der Waals surface area contributed by atoms with Crippen molar-refractivity contribution in [2.45, 2.75) is 18.7 Å². The molecule has 2 aromatic rings. The molecule has 1 aliphatic heterocycles. The van der Waals surface area contributed by atoms with Crippen LogP contribution in [0.5, 0.6) is 11.5 Å². The zero-order valence-electron chi connectivity index (χ0n) is 11.7. The normalized spacial score (nSPS) is 14.8. The zero-order chi connectivity index (χ0) is 14.8. The molecule has 2 aromatic carbocycles. The molecule has 0 radical (unpaired) electrons. The van der Waals surface area contributed by atoms with Gasteiger partial charge in [0, 0.05) is 11.1 Å². The summed E-state index contributed by atoms with van der Waals surface area (Å²) in [4.78, 5) is 0. The highest BCUT2D eigenvalue weighted by Gasteiger charge is 2.19. The predicted molar refractivity (Wildman–Crippen MR) is 85.9 cm³/mol. The fourth-order valence-electron chi connectivity index (χ4n) is 2.36. The Kier molecular flexibility index (Phi) is 4.27. The summed E-state index contributed by atoms with van der Waals surface area (Å²) in [6, 6.07) is 12.0. The Bertz CT molecular complexity index is 638. The van der Waals surface area contributed by atoms with Gasteiger partial charge in [0.25, 0.3) is 0 Å². The van der Waals surface area contributed by atoms with Crippen LogP contribution in [-0.4, -0.2) is 13.2 Å². The van der Waals surface area contributed by atoms with Crippen molar-refractivity contribution in [1.82, 2.24) is 0 Å². The van der Waals surface area contributed by atoms with Crippen LogP contribution >= 0.6 is 23.2 Å². The van der Waals surface area contributed by atoms with Crippen molar-refractivity contribution in [3.05, 3.63) is 58.1 Å². The smallest absolute Gasteiger partial charge is 0.162 e. The second-order valence-corrected chi connectivity index (χ2v) is 6.11. The van der Waals surface area contributed by atoms with Crippen molar-refractivity contribution in [2.75, 3.05) is 13.2 Å². The lowest BCUT2D eigenvalue weighted by molar-refractivity contribution is 0.171. The summed E-state index contributed by atoms with van der Waals surface area (Å²) < 4.78 is 11.1. The molecule has 1 heterocycles. The zero-order valence-corrected chi connectivity index (χ0v) is 13.2. The third kappa shape index (κ3) is 3.28. The van der Waals surface area contributed by atoms with E-state index in [1.807, 2.05) is 6.07 Å². The molecule has 2 nitrogen and oxygen atoms in total. The van der Waals surface area contributed by atoms with Gasteiger partial charge in [-0.15, -0.1) is 11.6 Å². The van der Waals surface area contributed by atoms with Gasteiger partial charge in [0.05, 0.1) is 5.38 Å². The number of aryl methyl sites for hydroxylation is 1. The van der Waals surface area contributed by atoms with Crippen molar-refractivity contribution in [1.29, 1.82) is 0 Å². The molecule has 3 rings (SSSR count). The fourth-order valence-corrected chi connectivity index (χ4v) is 3.06. The van der Waals surface area contributed by atoms with Crippen LogP contribution in [0.15, 0.2) is 36.4 Å². The quantitative estimate of drug-likeness (QED) is 0.745. The first kappa shape index (κ1) is 14.6. The molecule has 0 saturated carbocycles. The van der Waals surface area contributed by atoms with E-state index < -0.39 is 0 Å². The Hall–Kier alpha value is -1.38. The van der Waals surface area contributed by atoms with Crippen LogP contribution in [0.4, 0.5) is 0 Å². The van der Waals surface area contributed by atoms with Gasteiger partial charge in [-0.3, -0.25) is 0 Å². The van der Waals surface area contributed by atoms with Crippen LogP contribution in [0.2, 0.25) is 5.02 Å². The highest BCUT2D eigenvalue weighted by atomic mass is 35.5. The molecule has 1 unspecified atom stereocenters. The standard InChI is InChI=1S/C17H16Cl2O2/c1-11-2-4-12(5-3-11)8-14(18)13-9-16-17(10-15(13)19)21-7-6-20-16/h2-5,9-10,14H,6-8H2,1H3. The number of hydrogen-bond donors (Lipinski definition) is 0. The summed E-state index contributed by atoms with van der Waals surface area (Å²) in [5, 5.41) is 0.419. The Labute approximate surface area is 134 Å². The number of rotatable bonds is 3. The number of benzene rings is 2. The van der Waals surface area contributed by atoms with Gasteiger partial charge in [-0.1, -0.05) is 41.4 Å². The van der Waals surface area contributed by atoms with Crippen LogP contribution in [0, 0.1) is 6.92 Å². The molecule has 1 atom stereocenters. The van der Waals surface area contributed by atoms with Gasteiger partial charge in [0.15, 0.2) is 11.5 Å². The molecular weight excluding hydrogens is 307 g/mol. The van der Waals surface area contributed by atoms with Crippen LogP contribution in [-0.2, 0) is 6.42 Å². The Morgan fingerprint density at radius 2 is 1.67 bits per heavy atom. The van der Waals surface area contributed by atoms with Crippen molar-refractivity contribution in [3.63, 3.8) is 0 Å². The second kappa shape index (κ2) is 6.17. The van der Waals surface area contributed by atoms with Gasteiger partial charge in [-0.2, -0.15) is 0 Å². The minimum atomic E-state index is -0.198. The van der Waals surface area contributed by atoms with Gasteiger partial charge in [-0.05, 0) is 30.5 Å². The SMILES string of the molecule is Cc1ccc(CC(Cl)c2cc3c(cc2Cl)OCCO3)cc1. The van der Waals surface area contributed by atoms with E-state index in [1.165, 1.54) is 11.1 Å².